The van der Waals surface area contributed by atoms with Crippen LogP contribution >= 0.6 is 0 Å². The van der Waals surface area contributed by atoms with Gasteiger partial charge >= 0.3 is 5.97 Å². The van der Waals surface area contributed by atoms with Crippen molar-refractivity contribution in [3.05, 3.63) is 77.6 Å². The van der Waals surface area contributed by atoms with Gasteiger partial charge in [0.15, 0.2) is 0 Å². The molecule has 0 aliphatic carbocycles. The first-order valence-corrected chi connectivity index (χ1v) is 10.2. The average Bonchev–Trinajstić information content (AvgIpc) is 2.75. The van der Waals surface area contributed by atoms with E-state index in [1.807, 2.05) is 73.0 Å². The molecular formula is C25H27NO4. The van der Waals surface area contributed by atoms with Crippen molar-refractivity contribution in [3.63, 3.8) is 0 Å². The Labute approximate surface area is 176 Å². The van der Waals surface area contributed by atoms with Crippen molar-refractivity contribution < 1.29 is 14.3 Å². The summed E-state index contributed by atoms with van der Waals surface area (Å²) in [6, 6.07) is 17.5. The van der Waals surface area contributed by atoms with Gasteiger partial charge in [0.05, 0.1) is 18.7 Å². The molecule has 30 heavy (non-hydrogen) atoms. The van der Waals surface area contributed by atoms with Crippen molar-refractivity contribution in [2.24, 2.45) is 0 Å². The summed E-state index contributed by atoms with van der Waals surface area (Å²) in [5.74, 6) is 0.342. The predicted octanol–water partition coefficient (Wildman–Crippen LogP) is 5.14. The smallest absolute Gasteiger partial charge is 0.330 e. The zero-order chi connectivity index (χ0) is 21.5. The van der Waals surface area contributed by atoms with Crippen LogP contribution in [0.15, 0.2) is 72.0 Å². The second kappa shape index (κ2) is 9.92. The third-order valence-corrected chi connectivity index (χ3v) is 4.83. The van der Waals surface area contributed by atoms with Gasteiger partial charge in [0.1, 0.15) is 5.75 Å². The van der Waals surface area contributed by atoms with Crippen molar-refractivity contribution in [1.82, 2.24) is 4.57 Å². The van der Waals surface area contributed by atoms with E-state index in [1.165, 1.54) is 0 Å². The van der Waals surface area contributed by atoms with E-state index in [2.05, 4.69) is 6.58 Å². The zero-order valence-electron chi connectivity index (χ0n) is 17.5. The second-order valence-corrected chi connectivity index (χ2v) is 7.34. The number of fused-ring (bicyclic) bond motifs is 1. The summed E-state index contributed by atoms with van der Waals surface area (Å²) in [4.78, 5) is 24.2. The lowest BCUT2D eigenvalue weighted by Gasteiger charge is -2.17. The van der Waals surface area contributed by atoms with Crippen LogP contribution in [0.1, 0.15) is 32.7 Å². The number of rotatable bonds is 9. The minimum Gasteiger partial charge on any atom is -0.494 e. The Kier molecular flexibility index (Phi) is 7.07. The van der Waals surface area contributed by atoms with Crippen molar-refractivity contribution in [1.29, 1.82) is 0 Å². The highest BCUT2D eigenvalue weighted by molar-refractivity contribution is 5.85. The van der Waals surface area contributed by atoms with Gasteiger partial charge < -0.3 is 14.0 Å². The maximum atomic E-state index is 13.1. The molecular weight excluding hydrogens is 378 g/mol. The highest BCUT2D eigenvalue weighted by Crippen LogP contribution is 2.26. The van der Waals surface area contributed by atoms with Crippen LogP contribution in [0.5, 0.6) is 5.75 Å². The van der Waals surface area contributed by atoms with Gasteiger partial charge in [0, 0.05) is 23.1 Å². The Bertz CT molecular complexity index is 1080. The number of hydrogen-bond acceptors (Lipinski definition) is 4. The first kappa shape index (κ1) is 21.4. The summed E-state index contributed by atoms with van der Waals surface area (Å²) in [6.45, 7) is 8.27. The minimum atomic E-state index is -0.407. The van der Waals surface area contributed by atoms with Gasteiger partial charge in [0.2, 0.25) is 0 Å². The highest BCUT2D eigenvalue weighted by Gasteiger charge is 2.13. The first-order valence-electron chi connectivity index (χ1n) is 10.2. The number of ether oxygens (including phenoxy) is 2. The van der Waals surface area contributed by atoms with E-state index < -0.39 is 5.97 Å². The maximum absolute atomic E-state index is 13.1. The van der Waals surface area contributed by atoms with Crippen LogP contribution < -0.4 is 10.3 Å². The van der Waals surface area contributed by atoms with Crippen LogP contribution in [0.3, 0.4) is 0 Å². The number of carbonyl (C=O) groups is 1. The van der Waals surface area contributed by atoms with Gasteiger partial charge in [-0.3, -0.25) is 4.79 Å². The number of hydrogen-bond donors (Lipinski definition) is 0. The molecule has 3 rings (SSSR count). The third-order valence-electron chi connectivity index (χ3n) is 4.83. The van der Waals surface area contributed by atoms with Gasteiger partial charge in [-0.2, -0.15) is 0 Å². The standard InChI is InChI=1S/C25H27NO4/c1-4-24(27)30-15-9-8-14-29-21-12-13-23-20(16-21)17-22(19-10-6-5-7-11-19)25(28)26(23)18(2)3/h4-7,10-13,16-18H,1,8-9,14-15H2,2-3H3. The van der Waals surface area contributed by atoms with Crippen LogP contribution in [0, 0.1) is 0 Å². The van der Waals surface area contributed by atoms with Gasteiger partial charge in [0.25, 0.3) is 5.56 Å². The zero-order valence-corrected chi connectivity index (χ0v) is 17.5. The Morgan fingerprint density at radius 3 is 2.50 bits per heavy atom. The molecule has 0 N–H and O–H groups in total. The average molecular weight is 405 g/mol. The van der Waals surface area contributed by atoms with E-state index in [0.717, 1.165) is 41.1 Å². The van der Waals surface area contributed by atoms with E-state index in [0.29, 0.717) is 18.8 Å². The Morgan fingerprint density at radius 2 is 1.80 bits per heavy atom. The van der Waals surface area contributed by atoms with E-state index in [1.54, 1.807) is 0 Å². The summed E-state index contributed by atoms with van der Waals surface area (Å²) >= 11 is 0. The topological polar surface area (TPSA) is 57.5 Å². The molecule has 156 valence electrons. The largest absolute Gasteiger partial charge is 0.494 e. The van der Waals surface area contributed by atoms with Gasteiger partial charge in [-0.15, -0.1) is 0 Å². The summed E-state index contributed by atoms with van der Waals surface area (Å²) < 4.78 is 12.7. The summed E-state index contributed by atoms with van der Waals surface area (Å²) in [7, 11) is 0. The number of unbranched alkanes of at least 4 members (excludes halogenated alkanes) is 1. The van der Waals surface area contributed by atoms with Crippen molar-refractivity contribution in [2.75, 3.05) is 13.2 Å². The molecule has 0 saturated carbocycles. The fraction of sp³-hybridized carbons (Fsp3) is 0.280. The number of carbonyl (C=O) groups excluding carboxylic acids is 1. The number of benzene rings is 2. The molecule has 3 aromatic rings. The fourth-order valence-electron chi connectivity index (χ4n) is 3.38. The lowest BCUT2D eigenvalue weighted by atomic mass is 10.0. The van der Waals surface area contributed by atoms with Gasteiger partial charge in [-0.05, 0) is 56.5 Å². The highest BCUT2D eigenvalue weighted by atomic mass is 16.5. The molecule has 0 fully saturated rings. The maximum Gasteiger partial charge on any atom is 0.330 e. The molecule has 0 atom stereocenters. The number of pyridine rings is 1. The van der Waals surface area contributed by atoms with Crippen LogP contribution in [0.2, 0.25) is 0 Å². The Morgan fingerprint density at radius 1 is 1.07 bits per heavy atom. The SMILES string of the molecule is C=CC(=O)OCCCCOc1ccc2c(c1)cc(-c1ccccc1)c(=O)n2C(C)C. The molecule has 0 amide bonds. The van der Waals surface area contributed by atoms with Crippen molar-refractivity contribution >= 4 is 16.9 Å². The quantitative estimate of drug-likeness (QED) is 0.281. The molecule has 1 heterocycles. The second-order valence-electron chi connectivity index (χ2n) is 7.34. The third kappa shape index (κ3) is 4.98. The molecule has 0 aliphatic rings. The fourth-order valence-corrected chi connectivity index (χ4v) is 3.38. The van der Waals surface area contributed by atoms with E-state index >= 15 is 0 Å². The minimum absolute atomic E-state index is 0.00596. The molecule has 0 radical (unpaired) electrons. The summed E-state index contributed by atoms with van der Waals surface area (Å²) in [6.07, 6.45) is 2.65. The lowest BCUT2D eigenvalue weighted by Crippen LogP contribution is -2.23. The predicted molar refractivity (Wildman–Crippen MR) is 120 cm³/mol. The Hall–Kier alpha value is -3.34. The van der Waals surface area contributed by atoms with Gasteiger partial charge in [-0.25, -0.2) is 4.79 Å². The molecule has 2 aromatic carbocycles. The van der Waals surface area contributed by atoms with Crippen LogP contribution in [-0.2, 0) is 9.53 Å². The molecule has 1 aromatic heterocycles. The molecule has 0 bridgehead atoms. The molecule has 5 heteroatoms. The first-order chi connectivity index (χ1) is 14.5. The molecule has 0 aliphatic heterocycles. The lowest BCUT2D eigenvalue weighted by molar-refractivity contribution is -0.137. The van der Waals surface area contributed by atoms with Crippen molar-refractivity contribution in [2.45, 2.75) is 32.7 Å². The molecule has 0 unspecified atom stereocenters. The number of aromatic nitrogens is 1. The van der Waals surface area contributed by atoms with Crippen LogP contribution in [-0.4, -0.2) is 23.8 Å². The number of nitrogens with zero attached hydrogens (tertiary/aromatic N) is 1. The van der Waals surface area contributed by atoms with Gasteiger partial charge in [-0.1, -0.05) is 36.9 Å². The molecule has 0 saturated heterocycles. The molecule has 5 nitrogen and oxygen atoms in total. The molecule has 0 spiro atoms. The van der Waals surface area contributed by atoms with E-state index in [9.17, 15) is 9.59 Å². The Balaban J connectivity index is 1.81. The van der Waals surface area contributed by atoms with Crippen LogP contribution in [0.25, 0.3) is 22.0 Å². The normalized spacial score (nSPS) is 10.9. The summed E-state index contributed by atoms with van der Waals surface area (Å²) in [5, 5.41) is 0.958. The van der Waals surface area contributed by atoms with E-state index in [4.69, 9.17) is 9.47 Å². The van der Waals surface area contributed by atoms with E-state index in [-0.39, 0.29) is 11.6 Å². The monoisotopic (exact) mass is 405 g/mol. The van der Waals surface area contributed by atoms with Crippen molar-refractivity contribution in [3.8, 4) is 16.9 Å². The van der Waals surface area contributed by atoms with Crippen LogP contribution in [0.4, 0.5) is 0 Å². The number of esters is 1. The summed E-state index contributed by atoms with van der Waals surface area (Å²) in [5.41, 5.74) is 2.47.